The second-order valence-electron chi connectivity index (χ2n) is 6.56. The molecular formula is C20H28Cl2N4O2. The Balaban J connectivity index is 0.00000364. The van der Waals surface area contributed by atoms with Gasteiger partial charge >= 0.3 is 0 Å². The zero-order chi connectivity index (χ0) is 19.1. The number of carbonyl (C=O) groups excluding carboxylic acids is 2. The van der Waals surface area contributed by atoms with Crippen LogP contribution in [-0.2, 0) is 9.59 Å². The monoisotopic (exact) mass is 426 g/mol. The molecule has 8 heteroatoms. The molecule has 28 heavy (non-hydrogen) atoms. The number of nitrogens with two attached hydrogens (primary N) is 1. The van der Waals surface area contributed by atoms with Gasteiger partial charge < -0.3 is 21.3 Å². The van der Waals surface area contributed by atoms with E-state index in [0.29, 0.717) is 24.3 Å². The van der Waals surface area contributed by atoms with Crippen molar-refractivity contribution in [1.29, 1.82) is 0 Å². The molecule has 2 aromatic rings. The van der Waals surface area contributed by atoms with Crippen LogP contribution in [0.5, 0.6) is 0 Å². The molecule has 2 aromatic carbocycles. The third kappa shape index (κ3) is 8.27. The molecule has 6 nitrogen and oxygen atoms in total. The molecule has 0 bridgehead atoms. The summed E-state index contributed by atoms with van der Waals surface area (Å²) in [7, 11) is 3.85. The molecule has 154 valence electrons. The topological polar surface area (TPSA) is 87.5 Å². The molecule has 0 aromatic heterocycles. The lowest BCUT2D eigenvalue weighted by molar-refractivity contribution is -0.117. The Morgan fingerprint density at radius 2 is 1.43 bits per heavy atom. The van der Waals surface area contributed by atoms with E-state index >= 15 is 0 Å². The number of hydrogen-bond acceptors (Lipinski definition) is 4. The minimum Gasteiger partial charge on any atom is -0.326 e. The van der Waals surface area contributed by atoms with E-state index in [9.17, 15) is 9.59 Å². The van der Waals surface area contributed by atoms with Gasteiger partial charge in [-0.2, -0.15) is 0 Å². The number of benzene rings is 2. The summed E-state index contributed by atoms with van der Waals surface area (Å²) in [5.41, 5.74) is 9.21. The van der Waals surface area contributed by atoms with Gasteiger partial charge in [-0.1, -0.05) is 29.8 Å². The van der Waals surface area contributed by atoms with E-state index in [2.05, 4.69) is 10.6 Å². The van der Waals surface area contributed by atoms with Gasteiger partial charge in [0.05, 0.1) is 0 Å². The number of aryl methyl sites for hydroxylation is 1. The fourth-order valence-corrected chi connectivity index (χ4v) is 2.33. The molecule has 4 N–H and O–H groups in total. The van der Waals surface area contributed by atoms with Gasteiger partial charge in [-0.05, 0) is 50.8 Å². The van der Waals surface area contributed by atoms with Crippen molar-refractivity contribution in [2.75, 3.05) is 31.3 Å². The zero-order valence-electron chi connectivity index (χ0n) is 16.3. The molecule has 0 spiro atoms. The van der Waals surface area contributed by atoms with Crippen LogP contribution in [0.2, 0.25) is 0 Å². The van der Waals surface area contributed by atoms with Crippen LogP contribution in [0.3, 0.4) is 0 Å². The van der Waals surface area contributed by atoms with Gasteiger partial charge in [0.2, 0.25) is 11.8 Å². The normalized spacial score (nSPS) is 11.0. The van der Waals surface area contributed by atoms with Crippen LogP contribution in [0.4, 0.5) is 11.4 Å². The quantitative estimate of drug-likeness (QED) is 0.633. The van der Waals surface area contributed by atoms with Gasteiger partial charge in [-0.3, -0.25) is 9.59 Å². The van der Waals surface area contributed by atoms with E-state index in [1.165, 1.54) is 0 Å². The van der Waals surface area contributed by atoms with Crippen LogP contribution in [0.1, 0.15) is 23.6 Å². The van der Waals surface area contributed by atoms with Gasteiger partial charge in [0.25, 0.3) is 0 Å². The highest BCUT2D eigenvalue weighted by Gasteiger charge is 2.15. The Hall–Kier alpha value is -2.12. The highest BCUT2D eigenvalue weighted by Crippen LogP contribution is 2.17. The van der Waals surface area contributed by atoms with E-state index in [-0.39, 0.29) is 36.6 Å². The van der Waals surface area contributed by atoms with Crippen molar-refractivity contribution in [3.05, 3.63) is 59.7 Å². The van der Waals surface area contributed by atoms with E-state index < -0.39 is 6.04 Å². The first-order valence-electron chi connectivity index (χ1n) is 8.53. The Morgan fingerprint density at radius 1 is 0.929 bits per heavy atom. The number of carbonyl (C=O) groups is 2. The molecule has 1 unspecified atom stereocenters. The molecule has 0 heterocycles. The minimum atomic E-state index is -0.735. The molecule has 0 saturated heterocycles. The number of anilines is 2. The fraction of sp³-hybridized carbons (Fsp3) is 0.300. The van der Waals surface area contributed by atoms with Crippen molar-refractivity contribution in [2.45, 2.75) is 19.4 Å². The summed E-state index contributed by atoms with van der Waals surface area (Å²) in [5, 5.41) is 5.62. The summed E-state index contributed by atoms with van der Waals surface area (Å²) < 4.78 is 0. The lowest BCUT2D eigenvalue weighted by Gasteiger charge is -2.13. The summed E-state index contributed by atoms with van der Waals surface area (Å²) in [6.45, 7) is 2.67. The van der Waals surface area contributed by atoms with Gasteiger partial charge in [0, 0.05) is 24.3 Å². The van der Waals surface area contributed by atoms with Crippen LogP contribution >= 0.6 is 24.8 Å². The standard InChI is InChI=1S/C20H26N4O2.2ClH/c1-14-4-6-15(7-5-14)19(21)20(26)23-17-10-8-16(9-11-17)22-18(25)12-13-24(2)3;;/h4-11,19H,12-13,21H2,1-3H3,(H,22,25)(H,23,26);2*1H. The maximum Gasteiger partial charge on any atom is 0.245 e. The number of rotatable bonds is 7. The second kappa shape index (κ2) is 12.4. The summed E-state index contributed by atoms with van der Waals surface area (Å²) in [5.74, 6) is -0.325. The zero-order valence-corrected chi connectivity index (χ0v) is 17.9. The van der Waals surface area contributed by atoms with Crippen LogP contribution in [0.25, 0.3) is 0 Å². The van der Waals surface area contributed by atoms with Crippen LogP contribution in [-0.4, -0.2) is 37.4 Å². The fourth-order valence-electron chi connectivity index (χ4n) is 2.33. The van der Waals surface area contributed by atoms with Crippen LogP contribution < -0.4 is 16.4 Å². The van der Waals surface area contributed by atoms with E-state index in [1.54, 1.807) is 24.3 Å². The Labute approximate surface area is 178 Å². The van der Waals surface area contributed by atoms with E-state index in [0.717, 1.165) is 11.1 Å². The number of hydrogen-bond donors (Lipinski definition) is 3. The molecule has 0 aliphatic rings. The van der Waals surface area contributed by atoms with Crippen molar-refractivity contribution < 1.29 is 9.59 Å². The van der Waals surface area contributed by atoms with E-state index in [4.69, 9.17) is 5.73 Å². The van der Waals surface area contributed by atoms with Gasteiger partial charge in [0.1, 0.15) is 6.04 Å². The average Bonchev–Trinajstić information content (AvgIpc) is 2.61. The predicted octanol–water partition coefficient (Wildman–Crippen LogP) is 3.37. The van der Waals surface area contributed by atoms with Crippen molar-refractivity contribution in [3.8, 4) is 0 Å². The van der Waals surface area contributed by atoms with E-state index in [1.807, 2.05) is 50.2 Å². The summed E-state index contributed by atoms with van der Waals surface area (Å²) in [6, 6.07) is 13.8. The van der Waals surface area contributed by atoms with Gasteiger partial charge in [-0.15, -0.1) is 24.8 Å². The molecule has 0 aliphatic carbocycles. The number of halogens is 2. The SMILES string of the molecule is Cc1ccc(C(N)C(=O)Nc2ccc(NC(=O)CCN(C)C)cc2)cc1.Cl.Cl. The summed E-state index contributed by atoms with van der Waals surface area (Å²) in [4.78, 5) is 26.1. The van der Waals surface area contributed by atoms with Gasteiger partial charge in [0.15, 0.2) is 0 Å². The molecule has 0 aliphatic heterocycles. The average molecular weight is 427 g/mol. The Kier molecular flexibility index (Phi) is 11.4. The van der Waals surface area contributed by atoms with Crippen molar-refractivity contribution in [1.82, 2.24) is 4.90 Å². The Morgan fingerprint density at radius 3 is 1.93 bits per heavy atom. The lowest BCUT2D eigenvalue weighted by Crippen LogP contribution is -2.27. The molecule has 0 saturated carbocycles. The third-order valence-electron chi connectivity index (χ3n) is 3.94. The van der Waals surface area contributed by atoms with Gasteiger partial charge in [-0.25, -0.2) is 0 Å². The number of nitrogens with one attached hydrogen (secondary N) is 2. The number of amides is 2. The smallest absolute Gasteiger partial charge is 0.245 e. The van der Waals surface area contributed by atoms with Crippen molar-refractivity contribution in [3.63, 3.8) is 0 Å². The minimum absolute atomic E-state index is 0. The lowest BCUT2D eigenvalue weighted by atomic mass is 10.1. The molecule has 1 atom stereocenters. The molecule has 0 fully saturated rings. The second-order valence-corrected chi connectivity index (χ2v) is 6.56. The highest BCUT2D eigenvalue weighted by atomic mass is 35.5. The third-order valence-corrected chi connectivity index (χ3v) is 3.94. The summed E-state index contributed by atoms with van der Waals surface area (Å²) >= 11 is 0. The first-order valence-corrected chi connectivity index (χ1v) is 8.53. The number of nitrogens with zero attached hydrogens (tertiary/aromatic N) is 1. The summed E-state index contributed by atoms with van der Waals surface area (Å²) in [6.07, 6.45) is 0.427. The van der Waals surface area contributed by atoms with Crippen LogP contribution in [0, 0.1) is 6.92 Å². The highest BCUT2D eigenvalue weighted by molar-refractivity contribution is 5.96. The maximum atomic E-state index is 12.3. The molecule has 2 rings (SSSR count). The van der Waals surface area contributed by atoms with Crippen molar-refractivity contribution >= 4 is 48.0 Å². The first kappa shape index (κ1) is 25.9. The first-order chi connectivity index (χ1) is 12.3. The Bertz CT molecular complexity index is 750. The molecule has 2 amide bonds. The predicted molar refractivity (Wildman–Crippen MR) is 119 cm³/mol. The largest absolute Gasteiger partial charge is 0.326 e. The molecule has 0 radical (unpaired) electrons. The maximum absolute atomic E-state index is 12.3. The van der Waals surface area contributed by atoms with Crippen molar-refractivity contribution in [2.24, 2.45) is 5.73 Å². The van der Waals surface area contributed by atoms with Crippen LogP contribution in [0.15, 0.2) is 48.5 Å². The molecular weight excluding hydrogens is 399 g/mol.